The average Bonchev–Trinajstić information content (AvgIpc) is 2.92. The lowest BCUT2D eigenvalue weighted by Crippen LogP contribution is -2.10. The molecule has 0 aromatic carbocycles. The van der Waals surface area contributed by atoms with Crippen molar-refractivity contribution in [2.45, 2.75) is 0 Å². The van der Waals surface area contributed by atoms with Crippen LogP contribution in [0.15, 0.2) is 0 Å². The monoisotopic (exact) mass is 706 g/mol. The van der Waals surface area contributed by atoms with Gasteiger partial charge in [-0.05, 0) is 0 Å². The van der Waals surface area contributed by atoms with E-state index in [4.69, 9.17) is 34.2 Å². The molecule has 0 unspecified atom stereocenters. The highest BCUT2D eigenvalue weighted by Gasteiger charge is 2.06. The highest BCUT2D eigenvalue weighted by Crippen LogP contribution is 2.16. The second kappa shape index (κ2) is 33.6. The lowest BCUT2D eigenvalue weighted by molar-refractivity contribution is -0.274. The minimum atomic E-state index is -0.282. The Kier molecular flexibility index (Phi) is 34.5. The molecule has 10 nitrogen and oxygen atoms in total. The van der Waals surface area contributed by atoms with E-state index in [-0.39, 0.29) is 48.6 Å². The molecular weight excluding hydrogens is 669 g/mol. The summed E-state index contributed by atoms with van der Waals surface area (Å²) < 4.78 is 15.3. The summed E-state index contributed by atoms with van der Waals surface area (Å²) in [6, 6.07) is 0. The molecule has 0 aliphatic carbocycles. The van der Waals surface area contributed by atoms with E-state index in [1.165, 1.54) is 70.6 Å². The largest absolute Gasteiger partial charge is 0.464 e. The van der Waals surface area contributed by atoms with Crippen molar-refractivity contribution in [3.63, 3.8) is 0 Å². The van der Waals surface area contributed by atoms with Gasteiger partial charge in [0.05, 0.1) is 37.1 Å². The van der Waals surface area contributed by atoms with Crippen LogP contribution in [0.25, 0.3) is 0 Å². The van der Waals surface area contributed by atoms with Crippen molar-refractivity contribution < 1.29 is 48.6 Å². The van der Waals surface area contributed by atoms with Crippen LogP contribution >= 0.6 is 94.1 Å². The molecule has 0 atom stereocenters. The van der Waals surface area contributed by atoms with Gasteiger partial charge in [-0.2, -0.15) is 23.5 Å². The van der Waals surface area contributed by atoms with Crippen molar-refractivity contribution in [1.29, 1.82) is 0 Å². The van der Waals surface area contributed by atoms with E-state index in [2.05, 4.69) is 0 Å². The van der Waals surface area contributed by atoms with Crippen LogP contribution in [0.5, 0.6) is 0 Å². The number of thioether (sulfide) groups is 8. The second-order valence-electron chi connectivity index (χ2n) is 6.52. The SMILES string of the molecule is O=C(CSCSCCOOCSCSCC(=O)OCSCSCC(=O)OCCSCCO)OCCSCCO. The topological polar surface area (TPSA) is 138 Å². The lowest BCUT2D eigenvalue weighted by atomic mass is 10.8. The third-order valence-electron chi connectivity index (χ3n) is 3.44. The van der Waals surface area contributed by atoms with Gasteiger partial charge in [-0.3, -0.25) is 14.4 Å². The first-order chi connectivity index (χ1) is 19.1. The molecule has 0 amide bonds. The van der Waals surface area contributed by atoms with Crippen molar-refractivity contribution >= 4 is 112 Å². The number of rotatable bonds is 30. The highest BCUT2D eigenvalue weighted by molar-refractivity contribution is 8.17. The van der Waals surface area contributed by atoms with E-state index in [9.17, 15) is 14.4 Å². The third kappa shape index (κ3) is 33.4. The van der Waals surface area contributed by atoms with E-state index in [1.54, 1.807) is 23.5 Å². The van der Waals surface area contributed by atoms with Crippen molar-refractivity contribution in [3.8, 4) is 0 Å². The zero-order valence-corrected chi connectivity index (χ0v) is 28.2. The number of carbonyl (C=O) groups excluding carboxylic acids is 3. The summed E-state index contributed by atoms with van der Waals surface area (Å²) in [5, 5.41) is 19.4. The van der Waals surface area contributed by atoms with Crippen molar-refractivity contribution in [1.82, 2.24) is 0 Å². The number of hydrogen-bond acceptors (Lipinski definition) is 18. The minimum Gasteiger partial charge on any atom is -0.464 e. The first kappa shape index (κ1) is 40.1. The second-order valence-corrected chi connectivity index (χ2v) is 16.0. The fourth-order valence-corrected chi connectivity index (χ4v) is 7.68. The van der Waals surface area contributed by atoms with Crippen LogP contribution in [0.4, 0.5) is 0 Å². The molecule has 0 aliphatic rings. The maximum atomic E-state index is 11.7. The van der Waals surface area contributed by atoms with Crippen LogP contribution in [-0.4, -0.2) is 134 Å². The molecule has 18 heteroatoms. The molecule has 0 heterocycles. The number of aliphatic hydroxyl groups is 2. The van der Waals surface area contributed by atoms with Gasteiger partial charge >= 0.3 is 17.9 Å². The van der Waals surface area contributed by atoms with Crippen LogP contribution in [0, 0.1) is 0 Å². The molecule has 230 valence electrons. The number of ether oxygens (including phenoxy) is 3. The summed E-state index contributed by atoms with van der Waals surface area (Å²) in [6.07, 6.45) is 0. The van der Waals surface area contributed by atoms with Gasteiger partial charge in [-0.15, -0.1) is 70.6 Å². The first-order valence-electron chi connectivity index (χ1n) is 11.6. The molecule has 0 bridgehead atoms. The zero-order valence-electron chi connectivity index (χ0n) is 21.7. The highest BCUT2D eigenvalue weighted by atomic mass is 32.2. The molecule has 0 aromatic rings. The third-order valence-corrected chi connectivity index (χ3v) is 11.6. The molecule has 0 aliphatic heterocycles. The summed E-state index contributed by atoms with van der Waals surface area (Å²) in [4.78, 5) is 45.0. The van der Waals surface area contributed by atoms with Crippen molar-refractivity contribution in [3.05, 3.63) is 0 Å². The van der Waals surface area contributed by atoms with Gasteiger partial charge in [0.2, 0.25) is 0 Å². The molecule has 0 rings (SSSR count). The van der Waals surface area contributed by atoms with E-state index in [0.717, 1.165) is 10.8 Å². The van der Waals surface area contributed by atoms with Crippen LogP contribution in [-0.2, 0) is 38.4 Å². The maximum Gasteiger partial charge on any atom is 0.316 e. The van der Waals surface area contributed by atoms with Crippen LogP contribution in [0.3, 0.4) is 0 Å². The summed E-state index contributed by atoms with van der Waals surface area (Å²) >= 11 is 12.0. The number of carbonyl (C=O) groups is 3. The van der Waals surface area contributed by atoms with E-state index in [0.29, 0.717) is 64.7 Å². The standard InChI is InChI=1S/C21H38O10S8/c22-1-6-32-8-3-27-19(24)11-35-16-34-10-5-30-31-15-39-18-37-13-21(26)29-14-38-17-36-12-20(25)28-4-9-33-7-2-23/h22-23H,1-18H2. The molecular formula is C21H38O10S8. The molecule has 2 N–H and O–H groups in total. The Bertz CT molecular complexity index is 595. The van der Waals surface area contributed by atoms with Gasteiger partial charge in [0.1, 0.15) is 25.1 Å². The van der Waals surface area contributed by atoms with E-state index in [1.807, 2.05) is 0 Å². The van der Waals surface area contributed by atoms with Crippen LogP contribution < -0.4 is 0 Å². The molecule has 0 saturated carbocycles. The number of hydrogen-bond donors (Lipinski definition) is 2. The van der Waals surface area contributed by atoms with Gasteiger partial charge in [-0.1, -0.05) is 0 Å². The quantitative estimate of drug-likeness (QED) is 0.0282. The Morgan fingerprint density at radius 3 is 1.46 bits per heavy atom. The summed E-state index contributed by atoms with van der Waals surface area (Å²) in [5.74, 6) is 4.08. The molecule has 0 radical (unpaired) electrons. The smallest absolute Gasteiger partial charge is 0.316 e. The fraction of sp³-hybridized carbons (Fsp3) is 0.857. The molecule has 0 fully saturated rings. The lowest BCUT2D eigenvalue weighted by Gasteiger charge is -2.06. The van der Waals surface area contributed by atoms with Gasteiger partial charge in [0.15, 0.2) is 0 Å². The predicted molar refractivity (Wildman–Crippen MR) is 173 cm³/mol. The Hall–Kier alpha value is 1.05. The minimum absolute atomic E-state index is 0.123. The van der Waals surface area contributed by atoms with Crippen LogP contribution in [0.1, 0.15) is 0 Å². The summed E-state index contributed by atoms with van der Waals surface area (Å²) in [7, 11) is 0. The number of esters is 3. The normalized spacial score (nSPS) is 10.9. The van der Waals surface area contributed by atoms with Gasteiger partial charge in [0, 0.05) is 44.0 Å². The molecule has 0 saturated heterocycles. The molecule has 0 aromatic heterocycles. The van der Waals surface area contributed by atoms with Gasteiger partial charge in [0.25, 0.3) is 0 Å². The van der Waals surface area contributed by atoms with E-state index >= 15 is 0 Å². The van der Waals surface area contributed by atoms with Gasteiger partial charge < -0.3 is 24.4 Å². The Labute approximate surface area is 265 Å². The van der Waals surface area contributed by atoms with Crippen molar-refractivity contribution in [2.24, 2.45) is 0 Å². The van der Waals surface area contributed by atoms with Crippen molar-refractivity contribution in [2.75, 3.05) is 106 Å². The maximum absolute atomic E-state index is 11.7. The molecule has 0 spiro atoms. The zero-order chi connectivity index (χ0) is 28.7. The first-order valence-corrected chi connectivity index (χ1v) is 20.9. The fourth-order valence-electron chi connectivity index (χ4n) is 1.89. The summed E-state index contributed by atoms with van der Waals surface area (Å²) in [5.41, 5.74) is 0. The summed E-state index contributed by atoms with van der Waals surface area (Å²) in [6.45, 7) is 1.42. The Morgan fingerprint density at radius 1 is 0.462 bits per heavy atom. The van der Waals surface area contributed by atoms with E-state index < -0.39 is 0 Å². The predicted octanol–water partition coefficient (Wildman–Crippen LogP) is 3.20. The Morgan fingerprint density at radius 2 is 0.923 bits per heavy atom. The average molecular weight is 707 g/mol. The Balaban J connectivity index is 3.28. The number of aliphatic hydroxyl groups excluding tert-OH is 2. The van der Waals surface area contributed by atoms with Gasteiger partial charge in [-0.25, -0.2) is 9.78 Å². The molecule has 39 heavy (non-hydrogen) atoms. The van der Waals surface area contributed by atoms with Crippen LogP contribution in [0.2, 0.25) is 0 Å².